The summed E-state index contributed by atoms with van der Waals surface area (Å²) in [5.41, 5.74) is 1.29. The molecule has 0 bridgehead atoms. The van der Waals surface area contributed by atoms with Crippen molar-refractivity contribution in [1.82, 2.24) is 0 Å². The van der Waals surface area contributed by atoms with Gasteiger partial charge in [-0.2, -0.15) is 0 Å². The number of fused-ring (bicyclic) bond motifs is 1. The fraction of sp³-hybridized carbons (Fsp3) is 0.739. The maximum absolute atomic E-state index is 12.5. The van der Waals surface area contributed by atoms with E-state index in [2.05, 4.69) is 11.7 Å². The van der Waals surface area contributed by atoms with Crippen molar-refractivity contribution >= 4 is 23.5 Å². The SMILES string of the molecule is COC(=O)CCCC(=O)CCC1=C2CC(C)[C@H](OC(=O)C(C)(C)C)C2CCC1=O. The molecule has 3 atom stereocenters. The van der Waals surface area contributed by atoms with Crippen LogP contribution in [0.25, 0.3) is 0 Å². The lowest BCUT2D eigenvalue weighted by Gasteiger charge is -2.29. The quantitative estimate of drug-likeness (QED) is 0.567. The number of rotatable bonds is 8. The highest BCUT2D eigenvalue weighted by Crippen LogP contribution is 2.46. The lowest BCUT2D eigenvalue weighted by molar-refractivity contribution is -0.162. The van der Waals surface area contributed by atoms with Crippen LogP contribution in [0, 0.1) is 17.3 Å². The first-order valence-electron chi connectivity index (χ1n) is 10.6. The molecule has 0 saturated heterocycles. The second-order valence-electron chi connectivity index (χ2n) is 9.34. The first-order chi connectivity index (χ1) is 13.5. The lowest BCUT2D eigenvalue weighted by Crippen LogP contribution is -2.34. The zero-order chi connectivity index (χ0) is 21.8. The number of methoxy groups -OCH3 is 1. The van der Waals surface area contributed by atoms with Gasteiger partial charge in [0.1, 0.15) is 11.9 Å². The van der Waals surface area contributed by atoms with E-state index in [1.165, 1.54) is 7.11 Å². The topological polar surface area (TPSA) is 86.7 Å². The number of carbonyl (C=O) groups is 4. The van der Waals surface area contributed by atoms with E-state index in [0.717, 1.165) is 17.6 Å². The summed E-state index contributed by atoms with van der Waals surface area (Å²) in [4.78, 5) is 48.3. The van der Waals surface area contributed by atoms with Crippen molar-refractivity contribution in [2.75, 3.05) is 7.11 Å². The summed E-state index contributed by atoms with van der Waals surface area (Å²) in [6.45, 7) is 7.58. The highest BCUT2D eigenvalue weighted by atomic mass is 16.5. The number of carbonyl (C=O) groups excluding carboxylic acids is 4. The Morgan fingerprint density at radius 1 is 1.10 bits per heavy atom. The van der Waals surface area contributed by atoms with Crippen LogP contribution in [0.5, 0.6) is 0 Å². The highest BCUT2D eigenvalue weighted by molar-refractivity contribution is 5.98. The molecule has 0 radical (unpaired) electrons. The van der Waals surface area contributed by atoms with Crippen molar-refractivity contribution in [3.63, 3.8) is 0 Å². The number of esters is 2. The summed E-state index contributed by atoms with van der Waals surface area (Å²) in [5, 5.41) is 0. The molecule has 0 aromatic carbocycles. The summed E-state index contributed by atoms with van der Waals surface area (Å²) in [6.07, 6.45) is 3.45. The Balaban J connectivity index is 2.02. The molecule has 1 fully saturated rings. The van der Waals surface area contributed by atoms with Gasteiger partial charge in [0.05, 0.1) is 12.5 Å². The number of ether oxygens (including phenoxy) is 2. The van der Waals surface area contributed by atoms with Gasteiger partial charge in [-0.15, -0.1) is 0 Å². The number of allylic oxidation sites excluding steroid dienone is 1. The molecule has 2 aliphatic carbocycles. The van der Waals surface area contributed by atoms with Crippen LogP contribution < -0.4 is 0 Å². The third-order valence-electron chi connectivity index (χ3n) is 5.93. The van der Waals surface area contributed by atoms with Crippen LogP contribution in [0.1, 0.15) is 79.1 Å². The number of Topliss-reactive ketones (excluding diaryl/α,β-unsaturated/α-hetero) is 2. The number of ketones is 2. The largest absolute Gasteiger partial charge is 0.469 e. The van der Waals surface area contributed by atoms with Crippen LogP contribution in [0.3, 0.4) is 0 Å². The van der Waals surface area contributed by atoms with E-state index in [-0.39, 0.29) is 47.9 Å². The summed E-state index contributed by atoms with van der Waals surface area (Å²) in [6, 6.07) is 0. The molecule has 6 heteroatoms. The molecule has 0 N–H and O–H groups in total. The molecular formula is C23H34O6. The third-order valence-corrected chi connectivity index (χ3v) is 5.93. The van der Waals surface area contributed by atoms with Gasteiger partial charge in [-0.05, 0) is 57.9 Å². The van der Waals surface area contributed by atoms with Crippen LogP contribution >= 0.6 is 0 Å². The Bertz CT molecular complexity index is 697. The fourth-order valence-electron chi connectivity index (χ4n) is 4.23. The van der Waals surface area contributed by atoms with E-state index in [0.29, 0.717) is 38.5 Å². The number of hydrogen-bond donors (Lipinski definition) is 0. The van der Waals surface area contributed by atoms with Gasteiger partial charge in [-0.1, -0.05) is 12.5 Å². The third kappa shape index (κ3) is 6.00. The molecule has 29 heavy (non-hydrogen) atoms. The van der Waals surface area contributed by atoms with Gasteiger partial charge in [-0.25, -0.2) is 0 Å². The molecule has 0 aliphatic heterocycles. The van der Waals surface area contributed by atoms with Gasteiger partial charge in [0.2, 0.25) is 0 Å². The second kappa shape index (κ2) is 9.68. The molecule has 2 aliphatic rings. The molecule has 6 nitrogen and oxygen atoms in total. The molecule has 0 spiro atoms. The zero-order valence-corrected chi connectivity index (χ0v) is 18.3. The van der Waals surface area contributed by atoms with E-state index in [1.807, 2.05) is 20.8 Å². The van der Waals surface area contributed by atoms with Crippen LogP contribution in [-0.4, -0.2) is 36.7 Å². The van der Waals surface area contributed by atoms with Crippen LogP contribution in [-0.2, 0) is 28.7 Å². The van der Waals surface area contributed by atoms with E-state index in [4.69, 9.17) is 4.74 Å². The van der Waals surface area contributed by atoms with E-state index in [1.54, 1.807) is 0 Å². The smallest absolute Gasteiger partial charge is 0.311 e. The summed E-state index contributed by atoms with van der Waals surface area (Å²) < 4.78 is 10.4. The second-order valence-corrected chi connectivity index (χ2v) is 9.34. The average Bonchev–Trinajstić information content (AvgIpc) is 2.95. The molecule has 2 unspecified atom stereocenters. The van der Waals surface area contributed by atoms with Gasteiger partial charge in [0.15, 0.2) is 5.78 Å². The standard InChI is InChI=1S/C23H34O6/c1-14-13-18-16(10-9-15(24)7-6-8-20(26)28-5)19(25)12-11-17(18)21(14)29-22(27)23(2,3)4/h14,17,21H,6-13H2,1-5H3/t14?,17?,21-/m0/s1. The van der Waals surface area contributed by atoms with Crippen molar-refractivity contribution in [2.24, 2.45) is 17.3 Å². The Morgan fingerprint density at radius 2 is 1.79 bits per heavy atom. The molecule has 162 valence electrons. The van der Waals surface area contributed by atoms with Crippen molar-refractivity contribution in [1.29, 1.82) is 0 Å². The fourth-order valence-corrected chi connectivity index (χ4v) is 4.23. The van der Waals surface area contributed by atoms with Gasteiger partial charge in [0.25, 0.3) is 0 Å². The summed E-state index contributed by atoms with van der Waals surface area (Å²) >= 11 is 0. The lowest BCUT2D eigenvalue weighted by atomic mass is 9.81. The van der Waals surface area contributed by atoms with Gasteiger partial charge >= 0.3 is 11.9 Å². The van der Waals surface area contributed by atoms with Crippen molar-refractivity contribution in [2.45, 2.75) is 85.2 Å². The van der Waals surface area contributed by atoms with Crippen LogP contribution in [0.4, 0.5) is 0 Å². The average molecular weight is 407 g/mol. The minimum atomic E-state index is -0.559. The maximum Gasteiger partial charge on any atom is 0.311 e. The van der Waals surface area contributed by atoms with Gasteiger partial charge in [0, 0.05) is 31.6 Å². The first kappa shape index (κ1) is 23.3. The molecule has 0 aromatic rings. The van der Waals surface area contributed by atoms with Crippen molar-refractivity contribution in [3.8, 4) is 0 Å². The zero-order valence-electron chi connectivity index (χ0n) is 18.3. The normalized spacial score (nSPS) is 24.3. The monoisotopic (exact) mass is 406 g/mol. The van der Waals surface area contributed by atoms with Crippen molar-refractivity contribution < 1.29 is 28.7 Å². The first-order valence-corrected chi connectivity index (χ1v) is 10.6. The minimum Gasteiger partial charge on any atom is -0.469 e. The molecule has 1 saturated carbocycles. The Morgan fingerprint density at radius 3 is 2.41 bits per heavy atom. The van der Waals surface area contributed by atoms with E-state index < -0.39 is 5.41 Å². The molecule has 0 amide bonds. The predicted molar refractivity (Wildman–Crippen MR) is 108 cm³/mol. The molecule has 0 aromatic heterocycles. The molecule has 2 rings (SSSR count). The van der Waals surface area contributed by atoms with Crippen LogP contribution in [0.15, 0.2) is 11.1 Å². The van der Waals surface area contributed by atoms with Gasteiger partial charge < -0.3 is 9.47 Å². The van der Waals surface area contributed by atoms with Gasteiger partial charge in [-0.3, -0.25) is 19.2 Å². The number of hydrogen-bond acceptors (Lipinski definition) is 6. The molecule has 0 heterocycles. The minimum absolute atomic E-state index is 0.0543. The highest BCUT2D eigenvalue weighted by Gasteiger charge is 2.45. The summed E-state index contributed by atoms with van der Waals surface area (Å²) in [7, 11) is 1.33. The van der Waals surface area contributed by atoms with E-state index in [9.17, 15) is 19.2 Å². The Kier molecular flexibility index (Phi) is 7.78. The predicted octanol–water partition coefficient (Wildman–Crippen LogP) is 3.95. The van der Waals surface area contributed by atoms with E-state index >= 15 is 0 Å². The Hall–Kier alpha value is -1.98. The Labute approximate surface area is 173 Å². The maximum atomic E-state index is 12.5. The molecular weight excluding hydrogens is 372 g/mol. The van der Waals surface area contributed by atoms with Crippen molar-refractivity contribution in [3.05, 3.63) is 11.1 Å². The van der Waals surface area contributed by atoms with Crippen LogP contribution in [0.2, 0.25) is 0 Å². The summed E-state index contributed by atoms with van der Waals surface area (Å²) in [5.74, 6) is -0.109.